The summed E-state index contributed by atoms with van der Waals surface area (Å²) >= 11 is 3.49. The van der Waals surface area contributed by atoms with Gasteiger partial charge in [-0.25, -0.2) is 4.79 Å². The number of benzene rings is 2. The van der Waals surface area contributed by atoms with E-state index >= 15 is 0 Å². The van der Waals surface area contributed by atoms with Gasteiger partial charge in [-0.15, -0.1) is 0 Å². The minimum Gasteiger partial charge on any atom is -0.465 e. The summed E-state index contributed by atoms with van der Waals surface area (Å²) in [6.07, 6.45) is -0.364. The Labute approximate surface area is 167 Å². The van der Waals surface area contributed by atoms with Crippen molar-refractivity contribution in [3.05, 3.63) is 57.1 Å². The standard InChI is InChI=1S/C21H23BrN2O3/c1-5-16-11-23(20(25)15-7-6-12(2)17(22)10-15)18-8-13(3)14(4)9-19(18)24(16)21(26)27/h6-10,16H,5,11H2,1-4H3,(H,26,27). The third-order valence-electron chi connectivity index (χ3n) is 5.24. The molecule has 2 amide bonds. The van der Waals surface area contributed by atoms with Gasteiger partial charge in [-0.05, 0) is 68.1 Å². The zero-order valence-corrected chi connectivity index (χ0v) is 17.5. The van der Waals surface area contributed by atoms with Crippen molar-refractivity contribution in [1.29, 1.82) is 0 Å². The predicted octanol–water partition coefficient (Wildman–Crippen LogP) is 5.30. The molecule has 3 rings (SSSR count). The Morgan fingerprint density at radius 2 is 1.70 bits per heavy atom. The van der Waals surface area contributed by atoms with Crippen LogP contribution in [0.25, 0.3) is 0 Å². The van der Waals surface area contributed by atoms with Gasteiger partial charge in [0.15, 0.2) is 0 Å². The van der Waals surface area contributed by atoms with Gasteiger partial charge in [0.2, 0.25) is 0 Å². The molecule has 1 N–H and O–H groups in total. The molecule has 1 atom stereocenters. The zero-order valence-electron chi connectivity index (χ0n) is 15.9. The lowest BCUT2D eigenvalue weighted by Crippen LogP contribution is -2.52. The van der Waals surface area contributed by atoms with Crippen LogP contribution < -0.4 is 9.80 Å². The van der Waals surface area contributed by atoms with Gasteiger partial charge in [-0.3, -0.25) is 9.69 Å². The fourth-order valence-corrected chi connectivity index (χ4v) is 3.81. The third-order valence-corrected chi connectivity index (χ3v) is 6.10. The number of hydrogen-bond acceptors (Lipinski definition) is 2. The first-order valence-electron chi connectivity index (χ1n) is 8.96. The molecule has 1 aliphatic heterocycles. The molecule has 1 unspecified atom stereocenters. The molecular formula is C21H23BrN2O3. The van der Waals surface area contributed by atoms with Gasteiger partial charge in [0, 0.05) is 16.6 Å². The van der Waals surface area contributed by atoms with Gasteiger partial charge in [-0.2, -0.15) is 0 Å². The van der Waals surface area contributed by atoms with Crippen LogP contribution in [0.5, 0.6) is 0 Å². The average Bonchev–Trinajstić information content (AvgIpc) is 2.63. The molecule has 0 saturated heterocycles. The van der Waals surface area contributed by atoms with Crippen molar-refractivity contribution in [3.8, 4) is 0 Å². The molecule has 27 heavy (non-hydrogen) atoms. The van der Waals surface area contributed by atoms with Crippen molar-refractivity contribution in [2.45, 2.75) is 40.2 Å². The first-order chi connectivity index (χ1) is 12.7. The van der Waals surface area contributed by atoms with Crippen molar-refractivity contribution in [3.63, 3.8) is 0 Å². The Kier molecular flexibility index (Phi) is 5.29. The minimum absolute atomic E-state index is 0.122. The van der Waals surface area contributed by atoms with Crippen LogP contribution >= 0.6 is 15.9 Å². The molecule has 0 fully saturated rings. The van der Waals surface area contributed by atoms with Crippen LogP contribution in [0.1, 0.15) is 40.4 Å². The number of anilines is 2. The molecule has 0 saturated carbocycles. The van der Waals surface area contributed by atoms with Gasteiger partial charge < -0.3 is 10.0 Å². The molecular weight excluding hydrogens is 408 g/mol. The second-order valence-electron chi connectivity index (χ2n) is 7.02. The van der Waals surface area contributed by atoms with Crippen molar-refractivity contribution < 1.29 is 14.7 Å². The number of rotatable bonds is 2. The maximum Gasteiger partial charge on any atom is 0.412 e. The Morgan fingerprint density at radius 1 is 1.07 bits per heavy atom. The Balaban J connectivity index is 2.14. The highest BCUT2D eigenvalue weighted by Gasteiger charge is 2.37. The van der Waals surface area contributed by atoms with E-state index < -0.39 is 6.09 Å². The number of aryl methyl sites for hydroxylation is 3. The summed E-state index contributed by atoms with van der Waals surface area (Å²) in [6.45, 7) is 8.17. The molecule has 0 radical (unpaired) electrons. The second-order valence-corrected chi connectivity index (χ2v) is 7.87. The maximum atomic E-state index is 13.3. The van der Waals surface area contributed by atoms with E-state index in [9.17, 15) is 14.7 Å². The van der Waals surface area contributed by atoms with E-state index in [2.05, 4.69) is 15.9 Å². The molecule has 2 aromatic rings. The molecule has 142 valence electrons. The average molecular weight is 431 g/mol. The lowest BCUT2D eigenvalue weighted by Gasteiger charge is -2.41. The van der Waals surface area contributed by atoms with E-state index in [1.807, 2.05) is 58.0 Å². The number of hydrogen-bond donors (Lipinski definition) is 1. The molecule has 0 aromatic heterocycles. The topological polar surface area (TPSA) is 60.9 Å². The lowest BCUT2D eigenvalue weighted by atomic mass is 9.99. The number of carbonyl (C=O) groups excluding carboxylic acids is 1. The summed E-state index contributed by atoms with van der Waals surface area (Å²) in [7, 11) is 0. The summed E-state index contributed by atoms with van der Waals surface area (Å²) < 4.78 is 0.880. The van der Waals surface area contributed by atoms with Gasteiger partial charge >= 0.3 is 6.09 Å². The fraction of sp³-hybridized carbons (Fsp3) is 0.333. The van der Waals surface area contributed by atoms with E-state index in [0.717, 1.165) is 21.2 Å². The molecule has 0 bridgehead atoms. The summed E-state index contributed by atoms with van der Waals surface area (Å²) in [5.74, 6) is -0.122. The van der Waals surface area contributed by atoms with E-state index in [4.69, 9.17) is 0 Å². The van der Waals surface area contributed by atoms with Crippen LogP contribution in [-0.2, 0) is 0 Å². The van der Waals surface area contributed by atoms with E-state index in [0.29, 0.717) is 29.9 Å². The van der Waals surface area contributed by atoms with Crippen LogP contribution in [0.4, 0.5) is 16.2 Å². The monoisotopic (exact) mass is 430 g/mol. The Hall–Kier alpha value is -2.34. The number of amides is 2. The quantitative estimate of drug-likeness (QED) is 0.702. The van der Waals surface area contributed by atoms with Crippen LogP contribution in [0.15, 0.2) is 34.8 Å². The molecule has 5 nitrogen and oxygen atoms in total. The minimum atomic E-state index is -0.989. The highest BCUT2D eigenvalue weighted by Crippen LogP contribution is 2.39. The molecule has 2 aromatic carbocycles. The normalized spacial score (nSPS) is 16.3. The largest absolute Gasteiger partial charge is 0.465 e. The maximum absolute atomic E-state index is 13.3. The lowest BCUT2D eigenvalue weighted by molar-refractivity contribution is 0.0982. The third kappa shape index (κ3) is 3.46. The second kappa shape index (κ2) is 7.35. The van der Waals surface area contributed by atoms with E-state index in [1.54, 1.807) is 4.90 Å². The Morgan fingerprint density at radius 3 is 2.26 bits per heavy atom. The number of carboxylic acid groups (broad SMARTS) is 1. The van der Waals surface area contributed by atoms with Gasteiger partial charge in [-0.1, -0.05) is 28.9 Å². The van der Waals surface area contributed by atoms with Gasteiger partial charge in [0.1, 0.15) is 0 Å². The fourth-order valence-electron chi connectivity index (χ4n) is 3.43. The SMILES string of the molecule is CCC1CN(C(=O)c2ccc(C)c(Br)c2)c2cc(C)c(C)cc2N1C(=O)O. The molecule has 1 heterocycles. The number of carbonyl (C=O) groups is 2. The predicted molar refractivity (Wildman–Crippen MR) is 111 cm³/mol. The van der Waals surface area contributed by atoms with Gasteiger partial charge in [0.05, 0.1) is 17.4 Å². The summed E-state index contributed by atoms with van der Waals surface area (Å²) in [4.78, 5) is 28.3. The summed E-state index contributed by atoms with van der Waals surface area (Å²) in [5, 5.41) is 9.77. The van der Waals surface area contributed by atoms with Crippen LogP contribution in [0, 0.1) is 20.8 Å². The molecule has 0 aliphatic carbocycles. The number of halogens is 1. The Bertz CT molecular complexity index is 926. The molecule has 1 aliphatic rings. The van der Waals surface area contributed by atoms with Crippen LogP contribution in [0.3, 0.4) is 0 Å². The zero-order chi connectivity index (χ0) is 19.9. The van der Waals surface area contributed by atoms with E-state index in [1.165, 1.54) is 4.90 Å². The van der Waals surface area contributed by atoms with Crippen LogP contribution in [0.2, 0.25) is 0 Å². The molecule has 6 heteroatoms. The van der Waals surface area contributed by atoms with E-state index in [-0.39, 0.29) is 11.9 Å². The van der Waals surface area contributed by atoms with Crippen molar-refractivity contribution in [2.24, 2.45) is 0 Å². The number of fused-ring (bicyclic) bond motifs is 1. The highest BCUT2D eigenvalue weighted by atomic mass is 79.9. The summed E-state index contributed by atoms with van der Waals surface area (Å²) in [6, 6.07) is 9.04. The smallest absolute Gasteiger partial charge is 0.412 e. The summed E-state index contributed by atoms with van der Waals surface area (Å²) in [5.41, 5.74) is 4.88. The van der Waals surface area contributed by atoms with Gasteiger partial charge in [0.25, 0.3) is 5.91 Å². The van der Waals surface area contributed by atoms with Crippen molar-refractivity contribution in [1.82, 2.24) is 0 Å². The van der Waals surface area contributed by atoms with Crippen LogP contribution in [-0.4, -0.2) is 29.7 Å². The first kappa shape index (κ1) is 19.4. The molecule has 0 spiro atoms. The number of nitrogens with zero attached hydrogens (tertiary/aromatic N) is 2. The first-order valence-corrected chi connectivity index (χ1v) is 9.75. The van der Waals surface area contributed by atoms with Crippen molar-refractivity contribution in [2.75, 3.05) is 16.3 Å². The highest BCUT2D eigenvalue weighted by molar-refractivity contribution is 9.10. The van der Waals surface area contributed by atoms with Crippen molar-refractivity contribution >= 4 is 39.3 Å².